The molecule has 0 saturated carbocycles. The van der Waals surface area contributed by atoms with Crippen molar-refractivity contribution in [3.8, 4) is 5.75 Å². The van der Waals surface area contributed by atoms with Crippen LogP contribution in [0, 0.1) is 6.92 Å². The zero-order chi connectivity index (χ0) is 17.4. The maximum atomic E-state index is 6.44. The second-order valence-electron chi connectivity index (χ2n) is 7.46. The number of nitrogens with zero attached hydrogens (tertiary/aromatic N) is 3. The van der Waals surface area contributed by atoms with E-state index in [2.05, 4.69) is 61.6 Å². The van der Waals surface area contributed by atoms with Crippen molar-refractivity contribution >= 4 is 16.7 Å². The number of hydrogen-bond acceptors (Lipinski definition) is 4. The highest BCUT2D eigenvalue weighted by molar-refractivity contribution is 5.93. The molecule has 5 nitrogen and oxygen atoms in total. The molecule has 2 N–H and O–H groups in total. The quantitative estimate of drug-likeness (QED) is 0.883. The molecule has 0 amide bonds. The predicted octanol–water partition coefficient (Wildman–Crippen LogP) is 2.35. The van der Waals surface area contributed by atoms with Gasteiger partial charge in [0.2, 0.25) is 0 Å². The summed E-state index contributed by atoms with van der Waals surface area (Å²) in [4.78, 5) is 4.40. The minimum absolute atomic E-state index is 0.229. The van der Waals surface area contributed by atoms with E-state index in [4.69, 9.17) is 10.5 Å². The monoisotopic (exact) mass is 330 g/mol. The molecule has 0 aliphatic carbocycles. The van der Waals surface area contributed by atoms with Crippen LogP contribution >= 0.6 is 0 Å². The van der Waals surface area contributed by atoms with Crippen LogP contribution in [0.15, 0.2) is 12.1 Å². The number of anilines is 1. The maximum absolute atomic E-state index is 6.44. The highest BCUT2D eigenvalue weighted by atomic mass is 16.5. The average Bonchev–Trinajstić information content (AvgIpc) is 3.00. The van der Waals surface area contributed by atoms with Gasteiger partial charge in [0.1, 0.15) is 17.7 Å². The second-order valence-corrected chi connectivity index (χ2v) is 7.46. The molecule has 2 heterocycles. The van der Waals surface area contributed by atoms with Crippen molar-refractivity contribution in [3.63, 3.8) is 0 Å². The summed E-state index contributed by atoms with van der Waals surface area (Å²) in [5.41, 5.74) is 10.2. The van der Waals surface area contributed by atoms with Crippen LogP contribution in [0.4, 0.5) is 5.82 Å². The molecule has 5 heteroatoms. The van der Waals surface area contributed by atoms with Crippen LogP contribution in [-0.4, -0.2) is 61.8 Å². The summed E-state index contributed by atoms with van der Waals surface area (Å²) < 4.78 is 8.47. The summed E-state index contributed by atoms with van der Waals surface area (Å²) in [5, 5.41) is 1.27. The highest BCUT2D eigenvalue weighted by Gasteiger charge is 2.28. The normalized spacial score (nSPS) is 17.0. The lowest BCUT2D eigenvalue weighted by atomic mass is 10.0. The summed E-state index contributed by atoms with van der Waals surface area (Å²) in [5.74, 6) is 1.92. The molecule has 0 radical (unpaired) electrons. The van der Waals surface area contributed by atoms with Crippen molar-refractivity contribution < 1.29 is 4.74 Å². The summed E-state index contributed by atoms with van der Waals surface area (Å²) in [6, 6.07) is 4.28. The Bertz CT molecular complexity index is 733. The Kier molecular flexibility index (Phi) is 4.74. The lowest BCUT2D eigenvalue weighted by Crippen LogP contribution is -2.29. The molecule has 0 bridgehead atoms. The summed E-state index contributed by atoms with van der Waals surface area (Å²) >= 11 is 0. The molecule has 132 valence electrons. The van der Waals surface area contributed by atoms with E-state index >= 15 is 0 Å². The van der Waals surface area contributed by atoms with Gasteiger partial charge in [-0.05, 0) is 65.8 Å². The summed E-state index contributed by atoms with van der Waals surface area (Å²) in [6.07, 6.45) is 2.28. The third-order valence-corrected chi connectivity index (χ3v) is 4.87. The number of fused-ring (bicyclic) bond motifs is 3. The number of ether oxygens (including phenoxy) is 1. The average molecular weight is 330 g/mol. The van der Waals surface area contributed by atoms with Gasteiger partial charge in [0.25, 0.3) is 0 Å². The standard InChI is InChI=1S/C19H30N4O/c1-13-15-7-8-17-16(11-14(24-17)12-22(4)5)18(15)23(19(13)20)10-6-9-21(2)3/h7-8,14H,6,9-12,20H2,1-5H3. The Morgan fingerprint density at radius 2 is 1.96 bits per heavy atom. The van der Waals surface area contributed by atoms with Gasteiger partial charge in [-0.15, -0.1) is 0 Å². The number of aromatic nitrogens is 1. The van der Waals surface area contributed by atoms with Gasteiger partial charge in [-0.25, -0.2) is 0 Å². The van der Waals surface area contributed by atoms with E-state index in [1.807, 2.05) is 0 Å². The SMILES string of the molecule is Cc1c(N)n(CCCN(C)C)c2c3c(ccc12)OC(CN(C)C)C3. The minimum atomic E-state index is 0.229. The zero-order valence-corrected chi connectivity index (χ0v) is 15.6. The number of nitrogen functional groups attached to an aromatic ring is 1. The van der Waals surface area contributed by atoms with Gasteiger partial charge in [0.15, 0.2) is 0 Å². The highest BCUT2D eigenvalue weighted by Crippen LogP contribution is 2.39. The first-order chi connectivity index (χ1) is 11.4. The summed E-state index contributed by atoms with van der Waals surface area (Å²) in [6.45, 7) is 5.07. The molecule has 1 aromatic heterocycles. The molecule has 1 aromatic carbocycles. The van der Waals surface area contributed by atoms with E-state index in [0.29, 0.717) is 0 Å². The number of benzene rings is 1. The topological polar surface area (TPSA) is 46.7 Å². The van der Waals surface area contributed by atoms with Gasteiger partial charge in [0.05, 0.1) is 5.52 Å². The number of nitrogens with two attached hydrogens (primary N) is 1. The number of rotatable bonds is 6. The molecule has 1 aliphatic heterocycles. The van der Waals surface area contributed by atoms with Crippen LogP contribution in [-0.2, 0) is 13.0 Å². The fourth-order valence-electron chi connectivity index (χ4n) is 3.73. The first kappa shape index (κ1) is 17.1. The Hall–Kier alpha value is -1.72. The minimum Gasteiger partial charge on any atom is -0.488 e. The Labute approximate surface area is 145 Å². The van der Waals surface area contributed by atoms with Gasteiger partial charge in [0, 0.05) is 30.5 Å². The molecule has 3 rings (SSSR count). The third kappa shape index (κ3) is 3.10. The van der Waals surface area contributed by atoms with E-state index in [1.54, 1.807) is 0 Å². The van der Waals surface area contributed by atoms with Crippen LogP contribution < -0.4 is 10.5 Å². The third-order valence-electron chi connectivity index (χ3n) is 4.87. The van der Waals surface area contributed by atoms with Crippen molar-refractivity contribution in [2.24, 2.45) is 0 Å². The van der Waals surface area contributed by atoms with Crippen molar-refractivity contribution in [1.29, 1.82) is 0 Å². The van der Waals surface area contributed by atoms with Crippen LogP contribution in [0.3, 0.4) is 0 Å². The first-order valence-corrected chi connectivity index (χ1v) is 8.74. The van der Waals surface area contributed by atoms with E-state index in [1.165, 1.54) is 22.0 Å². The Morgan fingerprint density at radius 1 is 1.21 bits per heavy atom. The summed E-state index contributed by atoms with van der Waals surface area (Å²) in [7, 11) is 8.40. The Morgan fingerprint density at radius 3 is 2.62 bits per heavy atom. The van der Waals surface area contributed by atoms with Crippen LogP contribution in [0.5, 0.6) is 5.75 Å². The first-order valence-electron chi connectivity index (χ1n) is 8.74. The number of likely N-dealkylation sites (N-methyl/N-ethyl adjacent to an activating group) is 1. The molecular weight excluding hydrogens is 300 g/mol. The maximum Gasteiger partial charge on any atom is 0.125 e. The second kappa shape index (κ2) is 6.65. The van der Waals surface area contributed by atoms with Crippen LogP contribution in [0.2, 0.25) is 0 Å². The van der Waals surface area contributed by atoms with E-state index in [0.717, 1.165) is 44.0 Å². The number of hydrogen-bond donors (Lipinski definition) is 1. The van der Waals surface area contributed by atoms with Crippen LogP contribution in [0.25, 0.3) is 10.9 Å². The molecule has 1 unspecified atom stereocenters. The van der Waals surface area contributed by atoms with Crippen molar-refractivity contribution in [1.82, 2.24) is 14.4 Å². The molecule has 2 aromatic rings. The fourth-order valence-corrected chi connectivity index (χ4v) is 3.73. The predicted molar refractivity (Wildman–Crippen MR) is 101 cm³/mol. The lowest BCUT2D eigenvalue weighted by molar-refractivity contribution is 0.184. The van der Waals surface area contributed by atoms with Gasteiger partial charge in [-0.1, -0.05) is 0 Å². The Balaban J connectivity index is 1.97. The van der Waals surface area contributed by atoms with Gasteiger partial charge in [-0.3, -0.25) is 0 Å². The molecular formula is C19H30N4O. The molecule has 0 fully saturated rings. The van der Waals surface area contributed by atoms with E-state index in [9.17, 15) is 0 Å². The van der Waals surface area contributed by atoms with Crippen molar-refractivity contribution in [3.05, 3.63) is 23.3 Å². The lowest BCUT2D eigenvalue weighted by Gasteiger charge is -2.15. The van der Waals surface area contributed by atoms with E-state index < -0.39 is 0 Å². The zero-order valence-electron chi connectivity index (χ0n) is 15.6. The van der Waals surface area contributed by atoms with Gasteiger partial charge < -0.3 is 24.8 Å². The van der Waals surface area contributed by atoms with Crippen molar-refractivity contribution in [2.45, 2.75) is 32.4 Å². The van der Waals surface area contributed by atoms with Crippen LogP contribution in [0.1, 0.15) is 17.5 Å². The van der Waals surface area contributed by atoms with Gasteiger partial charge >= 0.3 is 0 Å². The molecule has 0 spiro atoms. The molecule has 24 heavy (non-hydrogen) atoms. The smallest absolute Gasteiger partial charge is 0.125 e. The number of aryl methyl sites for hydroxylation is 2. The molecule has 1 aliphatic rings. The van der Waals surface area contributed by atoms with E-state index in [-0.39, 0.29) is 6.10 Å². The molecule has 0 saturated heterocycles. The fraction of sp³-hybridized carbons (Fsp3) is 0.579. The van der Waals surface area contributed by atoms with Gasteiger partial charge in [-0.2, -0.15) is 0 Å². The van der Waals surface area contributed by atoms with Crippen molar-refractivity contribution in [2.75, 3.05) is 47.0 Å². The molecule has 1 atom stereocenters. The largest absolute Gasteiger partial charge is 0.488 e.